The second-order valence-electron chi connectivity index (χ2n) is 7.92. The number of carboxylic acids is 3. The summed E-state index contributed by atoms with van der Waals surface area (Å²) >= 11 is 0. The van der Waals surface area contributed by atoms with E-state index in [9.17, 15) is 24.3 Å². The van der Waals surface area contributed by atoms with Gasteiger partial charge in [-0.15, -0.1) is 0 Å². The molecule has 1 amide bonds. The fourth-order valence-electron chi connectivity index (χ4n) is 3.48. The number of hydrazone groups is 1. The van der Waals surface area contributed by atoms with E-state index in [0.29, 0.717) is 38.4 Å². The third kappa shape index (κ3) is 12.2. The van der Waals surface area contributed by atoms with E-state index in [4.69, 9.17) is 16.1 Å². The molecule has 0 saturated carbocycles. The molecule has 1 heterocycles. The summed E-state index contributed by atoms with van der Waals surface area (Å²) in [5.41, 5.74) is 0.545. The second kappa shape index (κ2) is 15.7. The van der Waals surface area contributed by atoms with E-state index in [0.717, 1.165) is 0 Å². The average molecular weight is 486 g/mol. The Bertz CT molecular complexity index is 732. The van der Waals surface area contributed by atoms with Crippen molar-refractivity contribution in [2.75, 3.05) is 65.4 Å². The summed E-state index contributed by atoms with van der Waals surface area (Å²) in [6.07, 6.45) is 1.53. The minimum absolute atomic E-state index is 0.0157. The minimum atomic E-state index is -1.09. The lowest BCUT2D eigenvalue weighted by molar-refractivity contribution is -0.144. The highest BCUT2D eigenvalue weighted by Gasteiger charge is 2.28. The SMILES string of the molecule is C/C(C=NCCNC(=O)CCC(C(=O)O)N1CCN(CC(=O)O)CCN(CC(=O)O)CC1)=N/N. The lowest BCUT2D eigenvalue weighted by atomic mass is 10.1. The molecule has 1 atom stereocenters. The van der Waals surface area contributed by atoms with Crippen molar-refractivity contribution in [3.63, 3.8) is 0 Å². The standard InChI is InChI=1S/C20H35N7O7/c1-15(24-21)12-22-4-5-23-17(28)3-2-16(20(33)34)27-10-8-25(13-18(29)30)6-7-26(9-11-27)14-19(31)32/h12,16H,2-11,13-14,21H2,1H3,(H,23,28)(H,29,30)(H,31,32)(H,33,34)/b22-12?,24-15-. The van der Waals surface area contributed by atoms with Gasteiger partial charge in [-0.25, -0.2) is 0 Å². The first-order chi connectivity index (χ1) is 16.1. The maximum absolute atomic E-state index is 12.2. The molecular weight excluding hydrogens is 450 g/mol. The number of nitrogens with zero attached hydrogens (tertiary/aromatic N) is 5. The Hall–Kier alpha value is -3.10. The lowest BCUT2D eigenvalue weighted by Crippen LogP contribution is -2.47. The van der Waals surface area contributed by atoms with Gasteiger partial charge in [-0.05, 0) is 13.3 Å². The summed E-state index contributed by atoms with van der Waals surface area (Å²) in [5, 5.41) is 34.2. The van der Waals surface area contributed by atoms with E-state index in [2.05, 4.69) is 15.4 Å². The number of aliphatic imine (C=N–C) groups is 1. The molecule has 0 spiro atoms. The van der Waals surface area contributed by atoms with Crippen molar-refractivity contribution in [3.05, 3.63) is 0 Å². The predicted octanol–water partition coefficient (Wildman–Crippen LogP) is -2.17. The highest BCUT2D eigenvalue weighted by Crippen LogP contribution is 2.11. The Kier molecular flexibility index (Phi) is 13.3. The quantitative estimate of drug-likeness (QED) is 0.0822. The number of rotatable bonds is 13. The smallest absolute Gasteiger partial charge is 0.320 e. The van der Waals surface area contributed by atoms with Gasteiger partial charge >= 0.3 is 17.9 Å². The molecule has 1 aliphatic heterocycles. The summed E-state index contributed by atoms with van der Waals surface area (Å²) in [6.45, 7) is 3.73. The van der Waals surface area contributed by atoms with Crippen LogP contribution >= 0.6 is 0 Å². The van der Waals surface area contributed by atoms with Crippen LogP contribution in [0.4, 0.5) is 0 Å². The maximum atomic E-state index is 12.2. The molecule has 0 aromatic carbocycles. The maximum Gasteiger partial charge on any atom is 0.320 e. The Balaban J connectivity index is 2.72. The number of aliphatic carboxylic acids is 3. The van der Waals surface area contributed by atoms with Crippen LogP contribution < -0.4 is 11.2 Å². The van der Waals surface area contributed by atoms with Crippen LogP contribution in [-0.4, -0.2) is 137 Å². The van der Waals surface area contributed by atoms with Gasteiger partial charge in [0.2, 0.25) is 5.91 Å². The molecule has 14 heteroatoms. The molecule has 0 radical (unpaired) electrons. The molecule has 192 valence electrons. The Morgan fingerprint density at radius 3 is 1.97 bits per heavy atom. The summed E-state index contributed by atoms with van der Waals surface area (Å²) in [5.74, 6) is 1.65. The topological polar surface area (TPSA) is 201 Å². The first kappa shape index (κ1) is 28.9. The zero-order valence-electron chi connectivity index (χ0n) is 19.4. The van der Waals surface area contributed by atoms with Crippen molar-refractivity contribution in [1.82, 2.24) is 20.0 Å². The molecule has 0 aromatic rings. The molecule has 1 saturated heterocycles. The van der Waals surface area contributed by atoms with Crippen molar-refractivity contribution in [2.45, 2.75) is 25.8 Å². The Morgan fingerprint density at radius 1 is 0.971 bits per heavy atom. The summed E-state index contributed by atoms with van der Waals surface area (Å²) < 4.78 is 0. The lowest BCUT2D eigenvalue weighted by Gasteiger charge is -2.30. The summed E-state index contributed by atoms with van der Waals surface area (Å²) in [4.78, 5) is 55.5. The van der Waals surface area contributed by atoms with Gasteiger partial charge in [0, 0.05) is 58.4 Å². The van der Waals surface area contributed by atoms with Crippen molar-refractivity contribution in [1.29, 1.82) is 0 Å². The van der Waals surface area contributed by atoms with Gasteiger partial charge in [0.05, 0.1) is 25.3 Å². The fraction of sp³-hybridized carbons (Fsp3) is 0.700. The van der Waals surface area contributed by atoms with Crippen LogP contribution in [0.1, 0.15) is 19.8 Å². The third-order valence-corrected chi connectivity index (χ3v) is 5.27. The van der Waals surface area contributed by atoms with Crippen LogP contribution in [0.2, 0.25) is 0 Å². The van der Waals surface area contributed by atoms with Gasteiger partial charge in [0.15, 0.2) is 0 Å². The van der Waals surface area contributed by atoms with E-state index < -0.39 is 23.9 Å². The molecule has 1 rings (SSSR count). The summed E-state index contributed by atoms with van der Waals surface area (Å²) in [7, 11) is 0. The van der Waals surface area contributed by atoms with Gasteiger partial charge in [-0.1, -0.05) is 0 Å². The van der Waals surface area contributed by atoms with Crippen LogP contribution in [0.25, 0.3) is 0 Å². The molecule has 6 N–H and O–H groups in total. The van der Waals surface area contributed by atoms with Gasteiger partial charge in [-0.3, -0.25) is 38.9 Å². The molecule has 34 heavy (non-hydrogen) atoms. The number of carboxylic acid groups (broad SMARTS) is 3. The molecule has 0 bridgehead atoms. The van der Waals surface area contributed by atoms with E-state index >= 15 is 0 Å². The number of carbonyl (C=O) groups excluding carboxylic acids is 1. The van der Waals surface area contributed by atoms with Crippen molar-refractivity contribution < 1.29 is 34.5 Å². The van der Waals surface area contributed by atoms with Gasteiger partial charge in [0.1, 0.15) is 6.04 Å². The minimum Gasteiger partial charge on any atom is -0.480 e. The molecular formula is C20H35N7O7. The normalized spacial score (nSPS) is 18.1. The van der Waals surface area contributed by atoms with Crippen molar-refractivity contribution in [3.8, 4) is 0 Å². The number of nitrogens with one attached hydrogen (secondary N) is 1. The largest absolute Gasteiger partial charge is 0.480 e. The van der Waals surface area contributed by atoms with Crippen molar-refractivity contribution >= 4 is 35.7 Å². The van der Waals surface area contributed by atoms with Crippen LogP contribution in [0, 0.1) is 0 Å². The van der Waals surface area contributed by atoms with Gasteiger partial charge < -0.3 is 26.5 Å². The molecule has 1 unspecified atom stereocenters. The number of carbonyl (C=O) groups is 4. The van der Waals surface area contributed by atoms with Gasteiger partial charge in [0.25, 0.3) is 0 Å². The molecule has 1 fully saturated rings. The first-order valence-corrected chi connectivity index (χ1v) is 11.0. The number of amides is 1. The highest BCUT2D eigenvalue weighted by atomic mass is 16.4. The number of hydrogen-bond acceptors (Lipinski definition) is 10. The number of hydrogen-bond donors (Lipinski definition) is 5. The summed E-state index contributed by atoms with van der Waals surface area (Å²) in [6, 6.07) is -0.969. The number of nitrogens with two attached hydrogens (primary N) is 1. The van der Waals surface area contributed by atoms with E-state index in [1.165, 1.54) is 6.21 Å². The monoisotopic (exact) mass is 485 g/mol. The first-order valence-electron chi connectivity index (χ1n) is 11.0. The van der Waals surface area contributed by atoms with Gasteiger partial charge in [-0.2, -0.15) is 5.10 Å². The van der Waals surface area contributed by atoms with Crippen LogP contribution in [0.15, 0.2) is 10.1 Å². The Labute approximate surface area is 198 Å². The second-order valence-corrected chi connectivity index (χ2v) is 7.92. The predicted molar refractivity (Wildman–Crippen MR) is 124 cm³/mol. The highest BCUT2D eigenvalue weighted by molar-refractivity contribution is 6.29. The molecule has 14 nitrogen and oxygen atoms in total. The molecule has 0 aliphatic carbocycles. The van der Waals surface area contributed by atoms with Crippen LogP contribution in [0.3, 0.4) is 0 Å². The fourth-order valence-corrected chi connectivity index (χ4v) is 3.48. The van der Waals surface area contributed by atoms with Crippen molar-refractivity contribution in [2.24, 2.45) is 15.9 Å². The Morgan fingerprint density at radius 2 is 1.50 bits per heavy atom. The van der Waals surface area contributed by atoms with E-state index in [1.54, 1.807) is 21.6 Å². The molecule has 1 aliphatic rings. The van der Waals surface area contributed by atoms with Crippen LogP contribution in [-0.2, 0) is 19.2 Å². The zero-order valence-corrected chi connectivity index (χ0v) is 19.4. The third-order valence-electron chi connectivity index (χ3n) is 5.27. The van der Waals surface area contributed by atoms with E-state index in [-0.39, 0.29) is 51.5 Å². The van der Waals surface area contributed by atoms with E-state index in [1.807, 2.05) is 0 Å². The average Bonchev–Trinajstić information content (AvgIpc) is 2.84. The zero-order chi connectivity index (χ0) is 25.5. The molecule has 0 aromatic heterocycles. The van der Waals surface area contributed by atoms with Crippen LogP contribution in [0.5, 0.6) is 0 Å².